The highest BCUT2D eigenvalue weighted by atomic mass is 35.5. The van der Waals surface area contributed by atoms with Gasteiger partial charge in [0.05, 0.1) is 24.2 Å². The molecule has 4 rings (SSSR count). The summed E-state index contributed by atoms with van der Waals surface area (Å²) >= 11 is 7.40. The van der Waals surface area contributed by atoms with Crippen molar-refractivity contribution >= 4 is 46.6 Å². The lowest BCUT2D eigenvalue weighted by Crippen LogP contribution is -2.36. The fourth-order valence-electron chi connectivity index (χ4n) is 3.57. The first-order valence-corrected chi connectivity index (χ1v) is 11.2. The Hall–Kier alpha value is -2.22. The third-order valence-electron chi connectivity index (χ3n) is 5.28. The molecule has 8 heteroatoms. The molecule has 1 fully saturated rings. The van der Waals surface area contributed by atoms with Gasteiger partial charge in [0.15, 0.2) is 0 Å². The monoisotopic (exact) mass is 445 g/mol. The van der Waals surface area contributed by atoms with Crippen molar-refractivity contribution in [1.29, 1.82) is 0 Å². The number of morpholine rings is 1. The van der Waals surface area contributed by atoms with Gasteiger partial charge in [-0.05, 0) is 35.9 Å². The lowest BCUT2D eigenvalue weighted by molar-refractivity contribution is -0.131. The number of hydrogen-bond donors (Lipinski definition) is 1. The Morgan fingerprint density at radius 1 is 1.23 bits per heavy atom. The van der Waals surface area contributed by atoms with Crippen LogP contribution in [0.25, 0.3) is 0 Å². The van der Waals surface area contributed by atoms with Gasteiger partial charge in [-0.25, -0.2) is 0 Å². The number of rotatable bonds is 5. The zero-order valence-electron chi connectivity index (χ0n) is 16.8. The van der Waals surface area contributed by atoms with E-state index in [1.54, 1.807) is 24.1 Å². The first-order chi connectivity index (χ1) is 14.5. The summed E-state index contributed by atoms with van der Waals surface area (Å²) in [5, 5.41) is 2.98. The predicted molar refractivity (Wildman–Crippen MR) is 120 cm³/mol. The summed E-state index contributed by atoms with van der Waals surface area (Å²) in [6.07, 6.45) is 0.154. The number of amides is 2. The van der Waals surface area contributed by atoms with Crippen LogP contribution < -0.4 is 10.2 Å². The minimum Gasteiger partial charge on any atom is -0.378 e. The van der Waals surface area contributed by atoms with Crippen LogP contribution in [0.15, 0.2) is 47.4 Å². The number of nitrogens with zero attached hydrogens (tertiary/aromatic N) is 2. The highest BCUT2D eigenvalue weighted by molar-refractivity contribution is 8.01. The van der Waals surface area contributed by atoms with Crippen molar-refractivity contribution in [2.24, 2.45) is 0 Å². The standard InChI is InChI=1S/C22H24ClN3O3S/c1-25(14-15-2-5-17(6-3-15)26-8-10-29-11-9-26)21(27)13-20-22(28)24-18-12-16(23)4-7-19(18)30-20/h2-7,12,20H,8-11,13-14H2,1H3,(H,24,28)/t20-/m0/s1. The zero-order chi connectivity index (χ0) is 21.1. The number of nitrogens with one attached hydrogen (secondary N) is 1. The average Bonchev–Trinajstić information content (AvgIpc) is 2.75. The normalized spacial score (nSPS) is 18.5. The summed E-state index contributed by atoms with van der Waals surface area (Å²) in [6.45, 7) is 3.81. The smallest absolute Gasteiger partial charge is 0.238 e. The van der Waals surface area contributed by atoms with E-state index < -0.39 is 5.25 Å². The number of benzene rings is 2. The number of anilines is 2. The number of thioether (sulfide) groups is 1. The molecule has 2 heterocycles. The molecule has 0 aliphatic carbocycles. The van der Waals surface area contributed by atoms with E-state index in [4.69, 9.17) is 16.3 Å². The quantitative estimate of drug-likeness (QED) is 0.761. The SMILES string of the molecule is CN(Cc1ccc(N2CCOCC2)cc1)C(=O)C[C@@H]1Sc2ccc(Cl)cc2NC1=O. The van der Waals surface area contributed by atoms with Crippen molar-refractivity contribution in [3.63, 3.8) is 0 Å². The number of carbonyl (C=O) groups excluding carboxylic acids is 2. The molecular weight excluding hydrogens is 422 g/mol. The Morgan fingerprint density at radius 3 is 2.70 bits per heavy atom. The molecule has 2 aliphatic heterocycles. The molecule has 30 heavy (non-hydrogen) atoms. The summed E-state index contributed by atoms with van der Waals surface area (Å²) < 4.78 is 5.40. The Bertz CT molecular complexity index is 932. The van der Waals surface area contributed by atoms with Gasteiger partial charge in [0.1, 0.15) is 0 Å². The molecule has 0 aromatic heterocycles. The molecule has 0 spiro atoms. The Kier molecular flexibility index (Phi) is 6.51. The molecule has 2 amide bonds. The summed E-state index contributed by atoms with van der Waals surface area (Å²) in [4.78, 5) is 30.0. The van der Waals surface area contributed by atoms with Gasteiger partial charge in [-0.1, -0.05) is 23.7 Å². The van der Waals surface area contributed by atoms with E-state index in [-0.39, 0.29) is 18.2 Å². The second-order valence-corrected chi connectivity index (χ2v) is 9.14. The molecule has 0 radical (unpaired) electrons. The molecule has 2 aromatic carbocycles. The van der Waals surface area contributed by atoms with E-state index in [2.05, 4.69) is 34.5 Å². The number of fused-ring (bicyclic) bond motifs is 1. The molecule has 0 bridgehead atoms. The van der Waals surface area contributed by atoms with Gasteiger partial charge in [0.25, 0.3) is 0 Å². The van der Waals surface area contributed by atoms with Crippen LogP contribution in [0.5, 0.6) is 0 Å². The second-order valence-electron chi connectivity index (χ2n) is 7.46. The van der Waals surface area contributed by atoms with Gasteiger partial charge in [-0.15, -0.1) is 11.8 Å². The highest BCUT2D eigenvalue weighted by Crippen LogP contribution is 2.38. The summed E-state index contributed by atoms with van der Waals surface area (Å²) in [5.74, 6) is -0.219. The predicted octanol–water partition coefficient (Wildman–Crippen LogP) is 3.64. The summed E-state index contributed by atoms with van der Waals surface area (Å²) in [6, 6.07) is 13.7. The molecule has 0 unspecified atom stereocenters. The zero-order valence-corrected chi connectivity index (χ0v) is 18.3. The first-order valence-electron chi connectivity index (χ1n) is 9.92. The van der Waals surface area contributed by atoms with Crippen LogP contribution in [0.1, 0.15) is 12.0 Å². The third kappa shape index (κ3) is 4.91. The van der Waals surface area contributed by atoms with Gasteiger partial charge in [0, 0.05) is 48.7 Å². The molecular formula is C22H24ClN3O3S. The summed E-state index contributed by atoms with van der Waals surface area (Å²) in [5.41, 5.74) is 2.93. The minimum absolute atomic E-state index is 0.0580. The van der Waals surface area contributed by atoms with Crippen LogP contribution >= 0.6 is 23.4 Å². The van der Waals surface area contributed by atoms with E-state index in [0.29, 0.717) is 17.3 Å². The molecule has 6 nitrogen and oxygen atoms in total. The van der Waals surface area contributed by atoms with Gasteiger partial charge < -0.3 is 19.9 Å². The Morgan fingerprint density at radius 2 is 1.97 bits per heavy atom. The van der Waals surface area contributed by atoms with Gasteiger partial charge in [0.2, 0.25) is 11.8 Å². The number of ether oxygens (including phenoxy) is 1. The lowest BCUT2D eigenvalue weighted by Gasteiger charge is -2.29. The largest absolute Gasteiger partial charge is 0.378 e. The van der Waals surface area contributed by atoms with Crippen molar-refractivity contribution in [1.82, 2.24) is 4.90 Å². The molecule has 1 atom stereocenters. The molecule has 158 valence electrons. The van der Waals surface area contributed by atoms with E-state index in [9.17, 15) is 9.59 Å². The molecule has 1 saturated heterocycles. The Balaban J connectivity index is 1.33. The third-order valence-corrected chi connectivity index (χ3v) is 6.79. The number of halogens is 1. The maximum Gasteiger partial charge on any atom is 0.238 e. The average molecular weight is 446 g/mol. The summed E-state index contributed by atoms with van der Waals surface area (Å²) in [7, 11) is 1.78. The fourth-order valence-corrected chi connectivity index (χ4v) is 4.82. The topological polar surface area (TPSA) is 61.9 Å². The highest BCUT2D eigenvalue weighted by Gasteiger charge is 2.30. The maximum atomic E-state index is 12.7. The van der Waals surface area contributed by atoms with Crippen LogP contribution in [0.3, 0.4) is 0 Å². The molecule has 0 saturated carbocycles. The van der Waals surface area contributed by atoms with Crippen LogP contribution in [0.4, 0.5) is 11.4 Å². The number of hydrogen-bond acceptors (Lipinski definition) is 5. The lowest BCUT2D eigenvalue weighted by atomic mass is 10.1. The molecule has 2 aliphatic rings. The number of carbonyl (C=O) groups is 2. The molecule has 2 aromatic rings. The fraction of sp³-hybridized carbons (Fsp3) is 0.364. The van der Waals surface area contributed by atoms with Crippen molar-refractivity contribution in [2.45, 2.75) is 23.1 Å². The van der Waals surface area contributed by atoms with Gasteiger partial charge in [-0.3, -0.25) is 9.59 Å². The van der Waals surface area contributed by atoms with Gasteiger partial charge >= 0.3 is 0 Å². The first kappa shape index (κ1) is 21.0. The van der Waals surface area contributed by atoms with Crippen molar-refractivity contribution in [3.05, 3.63) is 53.1 Å². The Labute approximate surface area is 185 Å². The van der Waals surface area contributed by atoms with Crippen molar-refractivity contribution in [2.75, 3.05) is 43.6 Å². The minimum atomic E-state index is -0.447. The van der Waals surface area contributed by atoms with E-state index in [1.807, 2.05) is 6.07 Å². The van der Waals surface area contributed by atoms with E-state index in [1.165, 1.54) is 17.4 Å². The van der Waals surface area contributed by atoms with Crippen molar-refractivity contribution in [3.8, 4) is 0 Å². The molecule has 1 N–H and O–H groups in total. The van der Waals surface area contributed by atoms with E-state index in [0.717, 1.165) is 36.8 Å². The second kappa shape index (κ2) is 9.29. The van der Waals surface area contributed by atoms with Gasteiger partial charge in [-0.2, -0.15) is 0 Å². The van der Waals surface area contributed by atoms with Crippen molar-refractivity contribution < 1.29 is 14.3 Å². The van der Waals surface area contributed by atoms with Crippen LogP contribution in [-0.2, 0) is 20.9 Å². The van der Waals surface area contributed by atoms with E-state index >= 15 is 0 Å². The maximum absolute atomic E-state index is 12.7. The van der Waals surface area contributed by atoms with Crippen LogP contribution in [0.2, 0.25) is 5.02 Å². The van der Waals surface area contributed by atoms with Crippen LogP contribution in [-0.4, -0.2) is 55.3 Å². The van der Waals surface area contributed by atoms with Crippen LogP contribution in [0, 0.1) is 0 Å².